The maximum Gasteiger partial charge on any atom is 0.157 e. The third kappa shape index (κ3) is 2.48. The molecule has 2 heterocycles. The maximum atomic E-state index is 4.63. The van der Waals surface area contributed by atoms with Crippen molar-refractivity contribution in [1.29, 1.82) is 0 Å². The van der Waals surface area contributed by atoms with Crippen LogP contribution in [0.2, 0.25) is 0 Å². The van der Waals surface area contributed by atoms with E-state index in [9.17, 15) is 0 Å². The average Bonchev–Trinajstić information content (AvgIpc) is 2.84. The molecule has 6 heteroatoms. The minimum Gasteiger partial charge on any atom is -0.373 e. The predicted molar refractivity (Wildman–Crippen MR) is 84.8 cm³/mol. The van der Waals surface area contributed by atoms with Gasteiger partial charge in [0.25, 0.3) is 0 Å². The molecule has 1 aromatic carbocycles. The quantitative estimate of drug-likeness (QED) is 0.744. The number of hydrogen-bond acceptors (Lipinski definition) is 6. The molecule has 0 amide bonds. The summed E-state index contributed by atoms with van der Waals surface area (Å²) in [6.07, 6.45) is 0. The highest BCUT2D eigenvalue weighted by Crippen LogP contribution is 2.35. The summed E-state index contributed by atoms with van der Waals surface area (Å²) in [4.78, 5) is 13.5. The number of nitrogens with zero attached hydrogens (tertiary/aromatic N) is 3. The van der Waals surface area contributed by atoms with E-state index in [1.165, 1.54) is 4.70 Å². The molecule has 0 spiro atoms. The van der Waals surface area contributed by atoms with Crippen LogP contribution >= 0.6 is 23.1 Å². The highest BCUT2D eigenvalue weighted by molar-refractivity contribution is 8.01. The predicted octanol–water partition coefficient (Wildman–Crippen LogP) is 3.90. The molecule has 0 fully saturated rings. The molecule has 102 valence electrons. The molecule has 0 atom stereocenters. The van der Waals surface area contributed by atoms with Crippen LogP contribution in [0, 0.1) is 13.8 Å². The van der Waals surface area contributed by atoms with E-state index in [0.717, 1.165) is 32.1 Å². The number of para-hydroxylation sites is 1. The number of fused-ring (bicyclic) bond motifs is 1. The van der Waals surface area contributed by atoms with Crippen LogP contribution in [0.15, 0.2) is 33.6 Å². The van der Waals surface area contributed by atoms with Crippen molar-refractivity contribution >= 4 is 39.1 Å². The van der Waals surface area contributed by atoms with Crippen LogP contribution in [0.4, 0.5) is 5.82 Å². The standard InChI is InChI=1S/C14H14N4S2/c1-8-12(15-3)16-9(2)17-13(8)20-14-18-10-6-4-5-7-11(10)19-14/h4-7H,1-3H3,(H,15,16,17). The largest absolute Gasteiger partial charge is 0.373 e. The first-order valence-electron chi connectivity index (χ1n) is 6.24. The highest BCUT2D eigenvalue weighted by Gasteiger charge is 2.12. The Morgan fingerprint density at radius 2 is 1.90 bits per heavy atom. The van der Waals surface area contributed by atoms with Gasteiger partial charge in [-0.25, -0.2) is 15.0 Å². The summed E-state index contributed by atoms with van der Waals surface area (Å²) < 4.78 is 2.21. The van der Waals surface area contributed by atoms with E-state index in [1.807, 2.05) is 39.1 Å². The molecule has 0 bridgehead atoms. The molecule has 2 aromatic heterocycles. The zero-order valence-electron chi connectivity index (χ0n) is 11.5. The van der Waals surface area contributed by atoms with E-state index in [0.29, 0.717) is 0 Å². The van der Waals surface area contributed by atoms with Gasteiger partial charge in [-0.05, 0) is 37.7 Å². The number of aromatic nitrogens is 3. The van der Waals surface area contributed by atoms with Gasteiger partial charge in [-0.3, -0.25) is 0 Å². The first-order valence-corrected chi connectivity index (χ1v) is 7.87. The van der Waals surface area contributed by atoms with E-state index in [-0.39, 0.29) is 0 Å². The van der Waals surface area contributed by atoms with Crippen LogP contribution in [0.5, 0.6) is 0 Å². The van der Waals surface area contributed by atoms with E-state index < -0.39 is 0 Å². The Kier molecular flexibility index (Phi) is 3.58. The molecule has 0 saturated heterocycles. The second kappa shape index (κ2) is 5.38. The van der Waals surface area contributed by atoms with Crippen molar-refractivity contribution in [3.05, 3.63) is 35.7 Å². The van der Waals surface area contributed by atoms with E-state index in [2.05, 4.69) is 26.3 Å². The number of rotatable bonds is 3. The molecule has 0 radical (unpaired) electrons. The monoisotopic (exact) mass is 302 g/mol. The Hall–Kier alpha value is -1.66. The van der Waals surface area contributed by atoms with Crippen LogP contribution in [-0.4, -0.2) is 22.0 Å². The maximum absolute atomic E-state index is 4.63. The number of thiazole rings is 1. The van der Waals surface area contributed by atoms with Gasteiger partial charge >= 0.3 is 0 Å². The molecule has 20 heavy (non-hydrogen) atoms. The van der Waals surface area contributed by atoms with Crippen molar-refractivity contribution in [2.24, 2.45) is 0 Å². The fraction of sp³-hybridized carbons (Fsp3) is 0.214. The SMILES string of the molecule is CNc1nc(C)nc(Sc2nc3ccccc3s2)c1C. The van der Waals surface area contributed by atoms with Crippen molar-refractivity contribution < 1.29 is 0 Å². The van der Waals surface area contributed by atoms with E-state index in [4.69, 9.17) is 0 Å². The van der Waals surface area contributed by atoms with Gasteiger partial charge in [0.1, 0.15) is 16.7 Å². The number of hydrogen-bond donors (Lipinski definition) is 1. The first kappa shape index (κ1) is 13.3. The van der Waals surface area contributed by atoms with Gasteiger partial charge in [0, 0.05) is 12.6 Å². The minimum atomic E-state index is 0.767. The highest BCUT2D eigenvalue weighted by atomic mass is 32.2. The van der Waals surface area contributed by atoms with Gasteiger partial charge in [-0.15, -0.1) is 11.3 Å². The Morgan fingerprint density at radius 3 is 2.65 bits per heavy atom. The lowest BCUT2D eigenvalue weighted by molar-refractivity contribution is 0.940. The topological polar surface area (TPSA) is 50.7 Å². The molecule has 0 aliphatic carbocycles. The van der Waals surface area contributed by atoms with Gasteiger partial charge in [-0.2, -0.15) is 0 Å². The Labute approximate surface area is 125 Å². The molecule has 3 rings (SSSR count). The van der Waals surface area contributed by atoms with Gasteiger partial charge < -0.3 is 5.32 Å². The zero-order valence-corrected chi connectivity index (χ0v) is 13.1. The van der Waals surface area contributed by atoms with Gasteiger partial charge in [0.15, 0.2) is 4.34 Å². The second-order valence-corrected chi connectivity index (χ2v) is 6.62. The summed E-state index contributed by atoms with van der Waals surface area (Å²) in [6, 6.07) is 8.17. The second-order valence-electron chi connectivity index (χ2n) is 4.35. The van der Waals surface area contributed by atoms with Crippen molar-refractivity contribution in [3.63, 3.8) is 0 Å². The molecular formula is C14H14N4S2. The average molecular weight is 302 g/mol. The molecule has 0 saturated carbocycles. The summed E-state index contributed by atoms with van der Waals surface area (Å²) in [5, 5.41) is 4.07. The lowest BCUT2D eigenvalue weighted by Gasteiger charge is -2.08. The zero-order chi connectivity index (χ0) is 14.1. The summed E-state index contributed by atoms with van der Waals surface area (Å²) in [7, 11) is 1.88. The molecule has 3 aromatic rings. The number of aryl methyl sites for hydroxylation is 1. The normalized spacial score (nSPS) is 10.9. The lowest BCUT2D eigenvalue weighted by Crippen LogP contribution is -2.01. The summed E-state index contributed by atoms with van der Waals surface area (Å²) >= 11 is 3.29. The molecule has 4 nitrogen and oxygen atoms in total. The van der Waals surface area contributed by atoms with Gasteiger partial charge in [0.05, 0.1) is 10.2 Å². The van der Waals surface area contributed by atoms with E-state index >= 15 is 0 Å². The van der Waals surface area contributed by atoms with Crippen molar-refractivity contribution in [3.8, 4) is 0 Å². The van der Waals surface area contributed by atoms with Gasteiger partial charge in [0.2, 0.25) is 0 Å². The molecule has 0 aliphatic heterocycles. The van der Waals surface area contributed by atoms with Gasteiger partial charge in [-0.1, -0.05) is 12.1 Å². The molecule has 1 N–H and O–H groups in total. The summed E-state index contributed by atoms with van der Waals surface area (Å²) in [6.45, 7) is 3.93. The molecular weight excluding hydrogens is 288 g/mol. The fourth-order valence-corrected chi connectivity index (χ4v) is 4.03. The molecule has 0 aliphatic rings. The summed E-state index contributed by atoms with van der Waals surface area (Å²) in [5.41, 5.74) is 2.10. The Balaban J connectivity index is 2.00. The lowest BCUT2D eigenvalue weighted by atomic mass is 10.3. The van der Waals surface area contributed by atoms with Crippen LogP contribution in [-0.2, 0) is 0 Å². The van der Waals surface area contributed by atoms with Crippen LogP contribution < -0.4 is 5.32 Å². The number of benzene rings is 1. The number of nitrogens with one attached hydrogen (secondary N) is 1. The first-order chi connectivity index (χ1) is 9.67. The third-order valence-corrected chi connectivity index (χ3v) is 5.10. The van der Waals surface area contributed by atoms with Crippen LogP contribution in [0.25, 0.3) is 10.2 Å². The minimum absolute atomic E-state index is 0.767. The summed E-state index contributed by atoms with van der Waals surface area (Å²) in [5.74, 6) is 1.64. The number of anilines is 1. The van der Waals surface area contributed by atoms with Crippen molar-refractivity contribution in [1.82, 2.24) is 15.0 Å². The van der Waals surface area contributed by atoms with Crippen LogP contribution in [0.1, 0.15) is 11.4 Å². The molecule has 0 unspecified atom stereocenters. The fourth-order valence-electron chi connectivity index (χ4n) is 1.92. The van der Waals surface area contributed by atoms with Crippen LogP contribution in [0.3, 0.4) is 0 Å². The smallest absolute Gasteiger partial charge is 0.157 e. The Bertz CT molecular complexity index is 734. The van der Waals surface area contributed by atoms with E-state index in [1.54, 1.807) is 23.1 Å². The Morgan fingerprint density at radius 1 is 1.10 bits per heavy atom. The van der Waals surface area contributed by atoms with Crippen molar-refractivity contribution in [2.45, 2.75) is 23.2 Å². The van der Waals surface area contributed by atoms with Crippen molar-refractivity contribution in [2.75, 3.05) is 12.4 Å². The third-order valence-electron chi connectivity index (χ3n) is 2.91.